The van der Waals surface area contributed by atoms with Crippen molar-refractivity contribution in [1.82, 2.24) is 0 Å². The van der Waals surface area contributed by atoms with Crippen LogP contribution < -0.4 is 5.32 Å². The third kappa shape index (κ3) is 5.44. The van der Waals surface area contributed by atoms with Crippen LogP contribution in [0, 0.1) is 0 Å². The summed E-state index contributed by atoms with van der Waals surface area (Å²) in [6.45, 7) is 4.71. The predicted molar refractivity (Wildman–Crippen MR) is 124 cm³/mol. The molecule has 3 N–H and O–H groups in total. The third-order valence-corrected chi connectivity index (χ3v) is 6.55. The lowest BCUT2D eigenvalue weighted by atomic mass is 9.81. The molecule has 0 spiro atoms. The number of anilines is 1. The smallest absolute Gasteiger partial charge is 0.303 e. The minimum atomic E-state index is -4.31. The van der Waals surface area contributed by atoms with Gasteiger partial charge in [0.25, 0.3) is 10.1 Å². The van der Waals surface area contributed by atoms with E-state index in [2.05, 4.69) is 9.89 Å². The van der Waals surface area contributed by atoms with E-state index in [-0.39, 0.29) is 11.3 Å². The summed E-state index contributed by atoms with van der Waals surface area (Å²) >= 11 is 0. The second-order valence-electron chi connectivity index (χ2n) is 8.36. The Morgan fingerprint density at radius 3 is 2.47 bits per heavy atom. The molecule has 1 aliphatic heterocycles. The van der Waals surface area contributed by atoms with Gasteiger partial charge in [-0.05, 0) is 51.0 Å². The van der Waals surface area contributed by atoms with Crippen molar-refractivity contribution in [3.63, 3.8) is 0 Å². The first-order valence-corrected chi connectivity index (χ1v) is 12.0. The van der Waals surface area contributed by atoms with Crippen molar-refractivity contribution in [1.29, 1.82) is 0 Å². The molecule has 0 saturated heterocycles. The fraction of sp³-hybridized carbons (Fsp3) is 0.333. The van der Waals surface area contributed by atoms with Gasteiger partial charge in [-0.15, -0.1) is 0 Å². The molecule has 0 saturated carbocycles. The van der Waals surface area contributed by atoms with Crippen LogP contribution in [-0.4, -0.2) is 40.9 Å². The number of benzene rings is 2. The quantitative estimate of drug-likeness (QED) is 0.274. The molecule has 32 heavy (non-hydrogen) atoms. The monoisotopic (exact) mass is 457 g/mol. The van der Waals surface area contributed by atoms with Crippen LogP contribution in [0.2, 0.25) is 0 Å². The Labute approximate surface area is 188 Å². The molecule has 0 fully saturated rings. The number of allylic oxidation sites excluding steroid dienone is 1. The third-order valence-electron chi connectivity index (χ3n) is 5.70. The van der Waals surface area contributed by atoms with E-state index in [1.54, 1.807) is 6.07 Å². The molecular formula is C24H29N2O5S+. The van der Waals surface area contributed by atoms with E-state index >= 15 is 0 Å². The number of para-hydroxylation sites is 1. The Kier molecular flexibility index (Phi) is 7.16. The van der Waals surface area contributed by atoms with Crippen molar-refractivity contribution in [3.8, 4) is 0 Å². The summed E-state index contributed by atoms with van der Waals surface area (Å²) < 4.78 is 35.1. The maximum atomic E-state index is 11.7. The van der Waals surface area contributed by atoms with E-state index < -0.39 is 21.5 Å². The van der Waals surface area contributed by atoms with Gasteiger partial charge in [-0.2, -0.15) is 13.0 Å². The summed E-state index contributed by atoms with van der Waals surface area (Å²) in [5, 5.41) is 12.1. The molecule has 2 aromatic carbocycles. The van der Waals surface area contributed by atoms with E-state index in [0.717, 1.165) is 35.5 Å². The van der Waals surface area contributed by atoms with Crippen LogP contribution in [0.25, 0.3) is 0 Å². The van der Waals surface area contributed by atoms with E-state index in [4.69, 9.17) is 5.11 Å². The predicted octanol–water partition coefficient (Wildman–Crippen LogP) is 4.58. The number of hydrogen-bond donors (Lipinski definition) is 3. The molecule has 0 aliphatic carbocycles. The van der Waals surface area contributed by atoms with Gasteiger partial charge in [-0.25, -0.2) is 0 Å². The van der Waals surface area contributed by atoms with E-state index in [1.807, 2.05) is 56.5 Å². The van der Waals surface area contributed by atoms with Crippen molar-refractivity contribution in [3.05, 3.63) is 66.4 Å². The molecule has 0 amide bonds. The van der Waals surface area contributed by atoms with Crippen LogP contribution >= 0.6 is 0 Å². The topological polar surface area (TPSA) is 107 Å². The molecule has 8 heteroatoms. The van der Waals surface area contributed by atoms with Gasteiger partial charge in [0.15, 0.2) is 5.71 Å². The fourth-order valence-corrected chi connectivity index (χ4v) is 4.54. The molecule has 0 unspecified atom stereocenters. The minimum Gasteiger partial charge on any atom is -0.481 e. The zero-order valence-electron chi connectivity index (χ0n) is 18.3. The summed E-state index contributed by atoms with van der Waals surface area (Å²) in [5.41, 5.74) is 3.15. The maximum Gasteiger partial charge on any atom is 0.303 e. The number of carbonyl (C=O) groups is 1. The zero-order valence-corrected chi connectivity index (χ0v) is 19.1. The number of aliphatic carboxylic acids is 1. The Balaban J connectivity index is 1.91. The first kappa shape index (κ1) is 23.7. The van der Waals surface area contributed by atoms with Crippen molar-refractivity contribution < 1.29 is 27.4 Å². The SMILES string of the molecule is CC1(C)C(C=CNc2ccccc2)=[N+](CCCCCC(=O)O)c2ccc(S(=O)(=O)O)cc21. The van der Waals surface area contributed by atoms with Gasteiger partial charge in [0.05, 0.1) is 10.3 Å². The average molecular weight is 458 g/mol. The van der Waals surface area contributed by atoms with Crippen LogP contribution in [0.15, 0.2) is 65.7 Å². The minimum absolute atomic E-state index is 0.127. The Hall–Kier alpha value is -2.97. The van der Waals surface area contributed by atoms with E-state index in [9.17, 15) is 17.8 Å². The molecule has 170 valence electrons. The molecule has 7 nitrogen and oxygen atoms in total. The van der Waals surface area contributed by atoms with Gasteiger partial charge in [-0.3, -0.25) is 9.35 Å². The van der Waals surface area contributed by atoms with Gasteiger partial charge in [-0.1, -0.05) is 18.2 Å². The summed E-state index contributed by atoms with van der Waals surface area (Å²) in [5.74, 6) is -0.794. The molecule has 0 atom stereocenters. The second kappa shape index (κ2) is 9.67. The highest BCUT2D eigenvalue weighted by Gasteiger charge is 2.44. The van der Waals surface area contributed by atoms with Crippen LogP contribution in [-0.2, 0) is 20.3 Å². The van der Waals surface area contributed by atoms with E-state index in [0.29, 0.717) is 13.0 Å². The lowest BCUT2D eigenvalue weighted by Gasteiger charge is -2.16. The Morgan fingerprint density at radius 2 is 1.81 bits per heavy atom. The number of nitrogens with one attached hydrogen (secondary N) is 1. The van der Waals surface area contributed by atoms with Crippen molar-refractivity contribution in [2.24, 2.45) is 0 Å². The fourth-order valence-electron chi connectivity index (χ4n) is 4.03. The van der Waals surface area contributed by atoms with Crippen molar-refractivity contribution in [2.75, 3.05) is 11.9 Å². The summed E-state index contributed by atoms with van der Waals surface area (Å²) in [4.78, 5) is 10.6. The highest BCUT2D eigenvalue weighted by molar-refractivity contribution is 7.85. The lowest BCUT2D eigenvalue weighted by molar-refractivity contribution is -0.438. The first-order chi connectivity index (χ1) is 15.1. The van der Waals surface area contributed by atoms with Crippen molar-refractivity contribution in [2.45, 2.75) is 49.8 Å². The van der Waals surface area contributed by atoms with Gasteiger partial charge >= 0.3 is 5.97 Å². The van der Waals surface area contributed by atoms with E-state index in [1.165, 1.54) is 12.1 Å². The van der Waals surface area contributed by atoms with Gasteiger partial charge in [0.2, 0.25) is 5.69 Å². The van der Waals surface area contributed by atoms with Gasteiger partial charge in [0, 0.05) is 42.4 Å². The second-order valence-corrected chi connectivity index (χ2v) is 9.79. The summed E-state index contributed by atoms with van der Waals surface area (Å²) in [6, 6.07) is 14.4. The zero-order chi connectivity index (χ0) is 23.4. The molecular weight excluding hydrogens is 428 g/mol. The molecule has 2 aromatic rings. The number of unbranched alkanes of at least 4 members (excludes halogenated alkanes) is 2. The van der Waals surface area contributed by atoms with Gasteiger partial charge in [0.1, 0.15) is 6.54 Å². The molecule has 0 bridgehead atoms. The van der Waals surface area contributed by atoms with Crippen LogP contribution in [0.4, 0.5) is 11.4 Å². The largest absolute Gasteiger partial charge is 0.481 e. The first-order valence-electron chi connectivity index (χ1n) is 10.6. The van der Waals surface area contributed by atoms with Crippen molar-refractivity contribution >= 4 is 33.2 Å². The number of fused-ring (bicyclic) bond motifs is 1. The normalized spacial score (nSPS) is 15.2. The summed E-state index contributed by atoms with van der Waals surface area (Å²) in [7, 11) is -4.31. The number of nitrogens with zero attached hydrogens (tertiary/aromatic N) is 1. The average Bonchev–Trinajstić information content (AvgIpc) is 2.94. The lowest BCUT2D eigenvalue weighted by Crippen LogP contribution is -2.28. The number of hydrogen-bond acceptors (Lipinski definition) is 4. The maximum absolute atomic E-state index is 11.7. The number of rotatable bonds is 10. The molecule has 0 radical (unpaired) electrons. The molecule has 1 heterocycles. The molecule has 0 aromatic heterocycles. The highest BCUT2D eigenvalue weighted by atomic mass is 32.2. The molecule has 1 aliphatic rings. The standard InChI is InChI=1S/C24H28N2O5S/c1-24(2)20-17-19(32(29,30)31)12-13-21(20)26(16-8-4-7-11-23(27)28)22(24)14-15-25-18-9-5-3-6-10-18/h3,5-6,9-10,12-15,17H,4,7-8,11,16H2,1-2H3,(H2,27,28,29,30,31)/p+1. The Morgan fingerprint density at radius 1 is 1.09 bits per heavy atom. The van der Waals surface area contributed by atoms with Crippen LogP contribution in [0.3, 0.4) is 0 Å². The Bertz CT molecular complexity index is 1150. The van der Waals surface area contributed by atoms with Crippen LogP contribution in [0.5, 0.6) is 0 Å². The number of carboxylic acids is 1. The molecule has 3 rings (SSSR count). The van der Waals surface area contributed by atoms with Gasteiger partial charge < -0.3 is 10.4 Å². The van der Waals surface area contributed by atoms with Crippen LogP contribution in [0.1, 0.15) is 45.1 Å². The highest BCUT2D eigenvalue weighted by Crippen LogP contribution is 2.41. The summed E-state index contributed by atoms with van der Waals surface area (Å²) in [6.07, 6.45) is 6.18. The number of carboxylic acid groups (broad SMARTS) is 1.